The van der Waals surface area contributed by atoms with Gasteiger partial charge in [0.15, 0.2) is 0 Å². The highest BCUT2D eigenvalue weighted by Gasteiger charge is 2.19. The van der Waals surface area contributed by atoms with Crippen LogP contribution in [-0.4, -0.2) is 9.13 Å². The highest BCUT2D eigenvalue weighted by atomic mass is 15.0. The Balaban J connectivity index is 1.05. The van der Waals surface area contributed by atoms with E-state index in [2.05, 4.69) is 173 Å². The number of nitrogens with zero attached hydrogens (tertiary/aromatic N) is 2. The molecule has 2 heteroatoms. The van der Waals surface area contributed by atoms with Gasteiger partial charge in [-0.2, -0.15) is 0 Å². The van der Waals surface area contributed by atoms with Crippen molar-refractivity contribution >= 4 is 70.9 Å². The van der Waals surface area contributed by atoms with Gasteiger partial charge in [0.05, 0.1) is 22.1 Å². The van der Waals surface area contributed by atoms with Crippen molar-refractivity contribution in [3.8, 4) is 5.69 Å². The van der Waals surface area contributed by atoms with Gasteiger partial charge in [0.25, 0.3) is 0 Å². The molecule has 2 aromatic heterocycles. The fraction of sp³-hybridized carbons (Fsp3) is 0.0455. The van der Waals surface area contributed by atoms with E-state index in [4.69, 9.17) is 0 Å². The van der Waals surface area contributed by atoms with Gasteiger partial charge in [-0.25, -0.2) is 0 Å². The molecule has 1 aliphatic rings. The predicted octanol–water partition coefficient (Wildman–Crippen LogP) is 11.8. The van der Waals surface area contributed by atoms with Crippen molar-refractivity contribution in [2.75, 3.05) is 0 Å². The second kappa shape index (κ2) is 9.82. The van der Waals surface area contributed by atoms with E-state index in [1.54, 1.807) is 0 Å². The van der Waals surface area contributed by atoms with Crippen LogP contribution in [0.15, 0.2) is 164 Å². The van der Waals surface area contributed by atoms with Gasteiger partial charge in [-0.3, -0.25) is 0 Å². The van der Waals surface area contributed by atoms with Gasteiger partial charge >= 0.3 is 0 Å². The van der Waals surface area contributed by atoms with Crippen molar-refractivity contribution in [2.45, 2.75) is 12.3 Å². The van der Waals surface area contributed by atoms with E-state index in [9.17, 15) is 0 Å². The summed E-state index contributed by atoms with van der Waals surface area (Å²) in [5, 5.41) is 10.3. The standard InChI is InChI=1S/C44H30N2/c1-3-11-35-31(9-1)21-27-39-37-13-5-7-15-41(37)45(43(35)39)33-23-17-29(18-24-33)30-19-25-34(26-20-30)46-42-16-8-6-14-38(42)40-28-22-32-10-2-4-12-36(32)44(40)46/h1-19,21-28,30H,20H2. The fourth-order valence-corrected chi connectivity index (χ4v) is 7.89. The molecule has 0 radical (unpaired) electrons. The molecule has 0 fully saturated rings. The molecule has 9 aromatic rings. The summed E-state index contributed by atoms with van der Waals surface area (Å²) in [6, 6.07) is 53.3. The highest BCUT2D eigenvalue weighted by molar-refractivity contribution is 6.20. The molecule has 2 nitrogen and oxygen atoms in total. The average molecular weight is 587 g/mol. The normalized spacial score (nSPS) is 15.1. The van der Waals surface area contributed by atoms with Crippen molar-refractivity contribution in [2.24, 2.45) is 0 Å². The second-order valence-electron chi connectivity index (χ2n) is 12.5. The maximum absolute atomic E-state index is 2.47. The molecule has 1 aliphatic carbocycles. The SMILES string of the molecule is C1=CC(c2ccc(-n3c4ccccc4c4ccc5ccccc5c43)cc2)CC=C1n1c2ccccc2c2ccc3ccccc3c21. The number of benzene rings is 7. The molecule has 2 heterocycles. The maximum atomic E-state index is 2.47. The van der Waals surface area contributed by atoms with E-state index < -0.39 is 0 Å². The summed E-state index contributed by atoms with van der Waals surface area (Å²) in [6.07, 6.45) is 8.11. The zero-order valence-electron chi connectivity index (χ0n) is 25.3. The third-order valence-corrected chi connectivity index (χ3v) is 10.0. The molecular formula is C44H30N2. The monoisotopic (exact) mass is 586 g/mol. The van der Waals surface area contributed by atoms with Crippen LogP contribution in [0.5, 0.6) is 0 Å². The zero-order valence-corrected chi connectivity index (χ0v) is 25.3. The second-order valence-corrected chi connectivity index (χ2v) is 12.5. The van der Waals surface area contributed by atoms with Gasteiger partial charge in [0.2, 0.25) is 0 Å². The summed E-state index contributed by atoms with van der Waals surface area (Å²) in [6.45, 7) is 0. The van der Waals surface area contributed by atoms with E-state index in [-0.39, 0.29) is 0 Å². The van der Waals surface area contributed by atoms with Crippen molar-refractivity contribution in [1.29, 1.82) is 0 Å². The Morgan fingerprint density at radius 3 is 1.54 bits per heavy atom. The van der Waals surface area contributed by atoms with Crippen LogP contribution in [0.25, 0.3) is 76.5 Å². The lowest BCUT2D eigenvalue weighted by atomic mass is 9.91. The molecule has 0 N–H and O–H groups in total. The summed E-state index contributed by atoms with van der Waals surface area (Å²) >= 11 is 0. The van der Waals surface area contributed by atoms with Gasteiger partial charge in [-0.05, 0) is 53.1 Å². The van der Waals surface area contributed by atoms with Gasteiger partial charge in [-0.1, -0.05) is 133 Å². The fourth-order valence-electron chi connectivity index (χ4n) is 7.89. The predicted molar refractivity (Wildman–Crippen MR) is 196 cm³/mol. The number of hydrogen-bond acceptors (Lipinski definition) is 0. The Labute approximate surface area is 266 Å². The number of fused-ring (bicyclic) bond motifs is 10. The Morgan fingerprint density at radius 1 is 0.435 bits per heavy atom. The Morgan fingerprint density at radius 2 is 0.957 bits per heavy atom. The molecule has 7 aromatic carbocycles. The Kier molecular flexibility index (Phi) is 5.44. The first kappa shape index (κ1) is 25.5. The van der Waals surface area contributed by atoms with Gasteiger partial charge in [-0.15, -0.1) is 0 Å². The molecule has 10 rings (SSSR count). The quantitative estimate of drug-likeness (QED) is 0.195. The number of allylic oxidation sites excluding steroid dienone is 4. The largest absolute Gasteiger partial charge is 0.309 e. The molecule has 0 bridgehead atoms. The van der Waals surface area contributed by atoms with Crippen molar-refractivity contribution in [3.05, 3.63) is 169 Å². The van der Waals surface area contributed by atoms with E-state index in [0.29, 0.717) is 5.92 Å². The molecule has 216 valence electrons. The van der Waals surface area contributed by atoms with E-state index >= 15 is 0 Å². The minimum Gasteiger partial charge on any atom is -0.309 e. The molecule has 1 unspecified atom stereocenters. The molecule has 0 saturated heterocycles. The van der Waals surface area contributed by atoms with Crippen molar-refractivity contribution in [1.82, 2.24) is 9.13 Å². The third kappa shape index (κ3) is 3.64. The molecule has 0 amide bonds. The lowest BCUT2D eigenvalue weighted by Gasteiger charge is -2.19. The van der Waals surface area contributed by atoms with Crippen LogP contribution in [0.4, 0.5) is 0 Å². The first-order valence-electron chi connectivity index (χ1n) is 16.1. The van der Waals surface area contributed by atoms with Crippen molar-refractivity contribution < 1.29 is 0 Å². The Hall–Kier alpha value is -5.86. The van der Waals surface area contributed by atoms with E-state index in [1.165, 1.54) is 82.1 Å². The van der Waals surface area contributed by atoms with E-state index in [1.807, 2.05) is 0 Å². The van der Waals surface area contributed by atoms with Gasteiger partial charge < -0.3 is 9.13 Å². The zero-order chi connectivity index (χ0) is 30.2. The molecule has 0 aliphatic heterocycles. The summed E-state index contributed by atoms with van der Waals surface area (Å²) < 4.78 is 4.91. The number of hydrogen-bond donors (Lipinski definition) is 0. The molecular weight excluding hydrogens is 556 g/mol. The smallest absolute Gasteiger partial charge is 0.0619 e. The maximum Gasteiger partial charge on any atom is 0.0619 e. The first-order valence-corrected chi connectivity index (χ1v) is 16.1. The van der Waals surface area contributed by atoms with Gasteiger partial charge in [0.1, 0.15) is 0 Å². The molecule has 0 saturated carbocycles. The highest BCUT2D eigenvalue weighted by Crippen LogP contribution is 2.40. The van der Waals surface area contributed by atoms with Crippen molar-refractivity contribution in [3.63, 3.8) is 0 Å². The summed E-state index contributed by atoms with van der Waals surface area (Å²) in [5.41, 5.74) is 8.84. The first-order chi connectivity index (χ1) is 22.8. The topological polar surface area (TPSA) is 9.86 Å². The average Bonchev–Trinajstić information content (AvgIpc) is 3.66. The van der Waals surface area contributed by atoms with E-state index in [0.717, 1.165) is 6.42 Å². The third-order valence-electron chi connectivity index (χ3n) is 10.0. The van der Waals surface area contributed by atoms with Crippen LogP contribution in [0.3, 0.4) is 0 Å². The molecule has 1 atom stereocenters. The minimum atomic E-state index is 0.335. The van der Waals surface area contributed by atoms with Gasteiger partial charge in [0, 0.05) is 49.6 Å². The van der Waals surface area contributed by atoms with Crippen LogP contribution in [0, 0.1) is 0 Å². The van der Waals surface area contributed by atoms with Crippen LogP contribution in [0.2, 0.25) is 0 Å². The molecule has 0 spiro atoms. The number of rotatable bonds is 3. The number of aromatic nitrogens is 2. The summed E-state index contributed by atoms with van der Waals surface area (Å²) in [4.78, 5) is 0. The summed E-state index contributed by atoms with van der Waals surface area (Å²) in [7, 11) is 0. The van der Waals surface area contributed by atoms with Crippen LogP contribution >= 0.6 is 0 Å². The van der Waals surface area contributed by atoms with Crippen LogP contribution < -0.4 is 0 Å². The molecule has 46 heavy (non-hydrogen) atoms. The summed E-state index contributed by atoms with van der Waals surface area (Å²) in [5.74, 6) is 0.335. The lowest BCUT2D eigenvalue weighted by Crippen LogP contribution is -2.03. The lowest BCUT2D eigenvalue weighted by molar-refractivity contribution is 0.849. The van der Waals surface area contributed by atoms with Crippen LogP contribution in [0.1, 0.15) is 17.9 Å². The Bertz CT molecular complexity index is 2710. The van der Waals surface area contributed by atoms with Crippen LogP contribution in [-0.2, 0) is 0 Å². The minimum absolute atomic E-state index is 0.335. The number of para-hydroxylation sites is 2.